The fourth-order valence-electron chi connectivity index (χ4n) is 2.40. The zero-order valence-electron chi connectivity index (χ0n) is 10.0. The Labute approximate surface area is 105 Å². The van der Waals surface area contributed by atoms with E-state index in [0.29, 0.717) is 10.6 Å². The minimum Gasteiger partial charge on any atom is -0.490 e. The van der Waals surface area contributed by atoms with Crippen molar-refractivity contribution in [3.05, 3.63) is 16.3 Å². The number of ether oxygens (including phenoxy) is 1. The highest BCUT2D eigenvalue weighted by Gasteiger charge is 2.22. The third kappa shape index (κ3) is 3.22. The van der Waals surface area contributed by atoms with E-state index in [4.69, 9.17) is 9.84 Å². The van der Waals surface area contributed by atoms with Crippen LogP contribution in [0.25, 0.3) is 0 Å². The number of carboxylic acids is 1. The Hall–Kier alpha value is -1.03. The summed E-state index contributed by atoms with van der Waals surface area (Å²) in [5.74, 6) is 0.611. The summed E-state index contributed by atoms with van der Waals surface area (Å²) >= 11 is 1.23. The van der Waals surface area contributed by atoms with Gasteiger partial charge in [0.05, 0.1) is 6.10 Å². The predicted molar refractivity (Wildman–Crippen MR) is 67.9 cm³/mol. The molecule has 94 valence electrons. The molecule has 0 amide bonds. The third-order valence-corrected chi connectivity index (χ3v) is 4.30. The molecule has 0 aromatic carbocycles. The summed E-state index contributed by atoms with van der Waals surface area (Å²) in [6, 6.07) is 1.63. The Morgan fingerprint density at radius 1 is 1.59 bits per heavy atom. The highest BCUT2D eigenvalue weighted by molar-refractivity contribution is 7.12. The van der Waals surface area contributed by atoms with Gasteiger partial charge >= 0.3 is 5.97 Å². The van der Waals surface area contributed by atoms with Crippen molar-refractivity contribution in [3.63, 3.8) is 0 Å². The van der Waals surface area contributed by atoms with Crippen LogP contribution in [0.5, 0.6) is 5.75 Å². The van der Waals surface area contributed by atoms with Gasteiger partial charge in [0.25, 0.3) is 0 Å². The van der Waals surface area contributed by atoms with Gasteiger partial charge in [-0.05, 0) is 25.2 Å². The average Bonchev–Trinajstić information content (AvgIpc) is 2.78. The lowest BCUT2D eigenvalue weighted by Gasteiger charge is -2.28. The maximum absolute atomic E-state index is 10.8. The van der Waals surface area contributed by atoms with E-state index in [1.165, 1.54) is 30.6 Å². The van der Waals surface area contributed by atoms with Crippen LogP contribution in [0.4, 0.5) is 0 Å². The minimum atomic E-state index is -0.875. The Morgan fingerprint density at radius 3 is 3.06 bits per heavy atom. The molecule has 1 aliphatic rings. The number of carbonyl (C=O) groups is 1. The van der Waals surface area contributed by atoms with Crippen LogP contribution < -0.4 is 4.74 Å². The van der Waals surface area contributed by atoms with Crippen LogP contribution in [-0.2, 0) is 0 Å². The number of hydrogen-bond acceptors (Lipinski definition) is 3. The topological polar surface area (TPSA) is 46.5 Å². The Balaban J connectivity index is 1.93. The van der Waals surface area contributed by atoms with E-state index < -0.39 is 5.97 Å². The normalized spacial score (nSPS) is 24.5. The molecular formula is C13H18O3S. The van der Waals surface area contributed by atoms with Crippen molar-refractivity contribution in [2.24, 2.45) is 5.92 Å². The average molecular weight is 254 g/mol. The molecule has 1 aliphatic carbocycles. The van der Waals surface area contributed by atoms with Gasteiger partial charge in [-0.1, -0.05) is 19.8 Å². The molecule has 1 N–H and O–H groups in total. The molecule has 4 heteroatoms. The van der Waals surface area contributed by atoms with Crippen molar-refractivity contribution in [3.8, 4) is 5.75 Å². The molecule has 3 nitrogen and oxygen atoms in total. The number of aromatic carboxylic acids is 1. The maximum atomic E-state index is 10.8. The lowest BCUT2D eigenvalue weighted by atomic mass is 9.85. The lowest BCUT2D eigenvalue weighted by molar-refractivity contribution is 0.0701. The van der Waals surface area contributed by atoms with Crippen LogP contribution >= 0.6 is 11.3 Å². The molecule has 2 atom stereocenters. The van der Waals surface area contributed by atoms with Gasteiger partial charge in [-0.25, -0.2) is 4.79 Å². The Kier molecular flexibility index (Phi) is 4.05. The summed E-state index contributed by atoms with van der Waals surface area (Å²) in [5.41, 5.74) is 0. The van der Waals surface area contributed by atoms with Crippen LogP contribution in [0.2, 0.25) is 0 Å². The van der Waals surface area contributed by atoms with E-state index in [1.54, 1.807) is 11.4 Å². The van der Waals surface area contributed by atoms with E-state index in [9.17, 15) is 4.79 Å². The molecule has 1 heterocycles. The van der Waals surface area contributed by atoms with Gasteiger partial charge < -0.3 is 9.84 Å². The van der Waals surface area contributed by atoms with E-state index in [1.807, 2.05) is 0 Å². The van der Waals surface area contributed by atoms with Crippen LogP contribution in [0.3, 0.4) is 0 Å². The number of thiophene rings is 1. The van der Waals surface area contributed by atoms with Gasteiger partial charge in [0.15, 0.2) is 0 Å². The highest BCUT2D eigenvalue weighted by atomic mass is 32.1. The second-order valence-electron chi connectivity index (χ2n) is 4.63. The van der Waals surface area contributed by atoms with Gasteiger partial charge in [-0.2, -0.15) is 0 Å². The second-order valence-corrected chi connectivity index (χ2v) is 5.54. The standard InChI is InChI=1S/C13H18O3S/c1-2-9-4-3-5-10(6-9)16-11-7-12(13(14)15)17-8-11/h7-10H,2-6H2,1H3,(H,14,15). The summed E-state index contributed by atoms with van der Waals surface area (Å²) in [4.78, 5) is 11.1. The number of hydrogen-bond donors (Lipinski definition) is 1. The first-order valence-corrected chi connectivity index (χ1v) is 7.05. The number of rotatable bonds is 4. The molecule has 0 saturated heterocycles. The molecule has 1 aromatic rings. The molecule has 1 aromatic heterocycles. The third-order valence-electron chi connectivity index (χ3n) is 3.40. The summed E-state index contributed by atoms with van der Waals surface area (Å²) in [5, 5.41) is 10.6. The summed E-state index contributed by atoms with van der Waals surface area (Å²) < 4.78 is 5.87. The first-order valence-electron chi connectivity index (χ1n) is 6.17. The van der Waals surface area contributed by atoms with Gasteiger partial charge in [-0.3, -0.25) is 0 Å². The maximum Gasteiger partial charge on any atom is 0.346 e. The summed E-state index contributed by atoms with van der Waals surface area (Å²) in [7, 11) is 0. The molecule has 1 saturated carbocycles. The van der Waals surface area contributed by atoms with E-state index in [-0.39, 0.29) is 6.10 Å². The fraction of sp³-hybridized carbons (Fsp3) is 0.615. The van der Waals surface area contributed by atoms with Crippen molar-refractivity contribution in [1.82, 2.24) is 0 Å². The molecule has 2 rings (SSSR count). The Morgan fingerprint density at radius 2 is 2.41 bits per heavy atom. The molecule has 0 radical (unpaired) electrons. The van der Waals surface area contributed by atoms with E-state index >= 15 is 0 Å². The second kappa shape index (κ2) is 5.54. The van der Waals surface area contributed by atoms with Gasteiger partial charge in [-0.15, -0.1) is 11.3 Å². The van der Waals surface area contributed by atoms with E-state index in [2.05, 4.69) is 6.92 Å². The van der Waals surface area contributed by atoms with E-state index in [0.717, 1.165) is 18.8 Å². The predicted octanol–water partition coefficient (Wildman–Crippen LogP) is 3.79. The molecular weight excluding hydrogens is 236 g/mol. The van der Waals surface area contributed by atoms with Crippen LogP contribution in [0, 0.1) is 5.92 Å². The van der Waals surface area contributed by atoms with Crippen molar-refractivity contribution < 1.29 is 14.6 Å². The van der Waals surface area contributed by atoms with Crippen LogP contribution in [-0.4, -0.2) is 17.2 Å². The largest absolute Gasteiger partial charge is 0.490 e. The van der Waals surface area contributed by atoms with Crippen LogP contribution in [0.1, 0.15) is 48.7 Å². The molecule has 1 fully saturated rings. The summed E-state index contributed by atoms with van der Waals surface area (Å²) in [6.07, 6.45) is 6.21. The zero-order valence-corrected chi connectivity index (χ0v) is 10.8. The fourth-order valence-corrected chi connectivity index (χ4v) is 3.06. The molecule has 0 spiro atoms. The first kappa shape index (κ1) is 12.4. The monoisotopic (exact) mass is 254 g/mol. The van der Waals surface area contributed by atoms with Crippen molar-refractivity contribution >= 4 is 17.3 Å². The van der Waals surface area contributed by atoms with Gasteiger partial charge in [0, 0.05) is 11.4 Å². The highest BCUT2D eigenvalue weighted by Crippen LogP contribution is 2.31. The minimum absolute atomic E-state index is 0.268. The molecule has 2 unspecified atom stereocenters. The molecule has 0 bridgehead atoms. The SMILES string of the molecule is CCC1CCCC(Oc2csc(C(=O)O)c2)C1. The molecule has 17 heavy (non-hydrogen) atoms. The summed E-state index contributed by atoms with van der Waals surface area (Å²) in [6.45, 7) is 2.22. The molecule has 0 aliphatic heterocycles. The number of carboxylic acid groups (broad SMARTS) is 1. The van der Waals surface area contributed by atoms with Crippen molar-refractivity contribution in [2.75, 3.05) is 0 Å². The smallest absolute Gasteiger partial charge is 0.346 e. The Bertz CT molecular complexity index is 386. The first-order chi connectivity index (χ1) is 8.19. The lowest BCUT2D eigenvalue weighted by Crippen LogP contribution is -2.24. The van der Waals surface area contributed by atoms with Crippen molar-refractivity contribution in [1.29, 1.82) is 0 Å². The van der Waals surface area contributed by atoms with Crippen LogP contribution in [0.15, 0.2) is 11.4 Å². The van der Waals surface area contributed by atoms with Gasteiger partial charge in [0.2, 0.25) is 0 Å². The quantitative estimate of drug-likeness (QED) is 0.889. The van der Waals surface area contributed by atoms with Gasteiger partial charge in [0.1, 0.15) is 10.6 Å². The van der Waals surface area contributed by atoms with Crippen molar-refractivity contribution in [2.45, 2.75) is 45.1 Å². The zero-order chi connectivity index (χ0) is 12.3.